The summed E-state index contributed by atoms with van der Waals surface area (Å²) in [6, 6.07) is 4.16. The van der Waals surface area contributed by atoms with Crippen molar-refractivity contribution in [3.8, 4) is 5.75 Å². The van der Waals surface area contributed by atoms with Gasteiger partial charge in [-0.3, -0.25) is 0 Å². The van der Waals surface area contributed by atoms with E-state index in [1.54, 1.807) is 7.11 Å². The van der Waals surface area contributed by atoms with Crippen molar-refractivity contribution in [3.63, 3.8) is 0 Å². The van der Waals surface area contributed by atoms with E-state index in [-0.39, 0.29) is 0 Å². The third-order valence-electron chi connectivity index (χ3n) is 2.41. The first-order valence-corrected chi connectivity index (χ1v) is 4.65. The molecule has 0 saturated carbocycles. The molecule has 0 radical (unpaired) electrons. The Bertz CT molecular complexity index is 310. The molecule has 14 heavy (non-hydrogen) atoms. The second-order valence-electron chi connectivity index (χ2n) is 3.36. The van der Waals surface area contributed by atoms with Crippen molar-refractivity contribution in [2.75, 3.05) is 13.7 Å². The molecule has 2 N–H and O–H groups in total. The van der Waals surface area contributed by atoms with Crippen molar-refractivity contribution < 1.29 is 9.57 Å². The third-order valence-corrected chi connectivity index (χ3v) is 2.41. The highest BCUT2D eigenvalue weighted by Crippen LogP contribution is 2.23. The molecule has 0 bridgehead atoms. The number of rotatable bonds is 4. The van der Waals surface area contributed by atoms with Gasteiger partial charge in [-0.1, -0.05) is 6.07 Å². The molecule has 0 atom stereocenters. The molecule has 0 amide bonds. The molecule has 3 heteroatoms. The van der Waals surface area contributed by atoms with Gasteiger partial charge in [0.1, 0.15) is 5.75 Å². The van der Waals surface area contributed by atoms with Crippen molar-refractivity contribution in [1.82, 2.24) is 0 Å². The Morgan fingerprint density at radius 1 is 1.29 bits per heavy atom. The molecule has 0 aliphatic heterocycles. The lowest BCUT2D eigenvalue weighted by Gasteiger charge is -2.10. The Labute approximate surface area is 84.8 Å². The average molecular weight is 195 g/mol. The predicted octanol–water partition coefficient (Wildman–Crippen LogP) is 1.74. The summed E-state index contributed by atoms with van der Waals surface area (Å²) in [5.41, 5.74) is 3.61. The van der Waals surface area contributed by atoms with Gasteiger partial charge in [-0.15, -0.1) is 0 Å². The summed E-state index contributed by atoms with van der Waals surface area (Å²) in [5.74, 6) is 5.91. The van der Waals surface area contributed by atoms with Crippen molar-refractivity contribution in [1.29, 1.82) is 0 Å². The second kappa shape index (κ2) is 4.98. The summed E-state index contributed by atoms with van der Waals surface area (Å²) >= 11 is 0. The molecule has 0 aliphatic rings. The average Bonchev–Trinajstić information content (AvgIpc) is 2.19. The van der Waals surface area contributed by atoms with Crippen LogP contribution in [0.1, 0.15) is 16.7 Å². The lowest BCUT2D eigenvalue weighted by Crippen LogP contribution is -2.04. The molecule has 0 heterocycles. The molecular formula is C11H17NO2. The number of hydrogen-bond donors (Lipinski definition) is 1. The molecular weight excluding hydrogens is 178 g/mol. The molecule has 1 aromatic carbocycles. The number of hydrogen-bond acceptors (Lipinski definition) is 3. The number of aryl methyl sites for hydroxylation is 1. The molecule has 0 saturated heterocycles. The Balaban J connectivity index is 2.91. The van der Waals surface area contributed by atoms with E-state index in [1.165, 1.54) is 16.7 Å². The largest absolute Gasteiger partial charge is 0.496 e. The van der Waals surface area contributed by atoms with E-state index < -0.39 is 0 Å². The SMILES string of the molecule is COc1cc(CCON)cc(C)c1C. The van der Waals surface area contributed by atoms with Gasteiger partial charge in [0.05, 0.1) is 13.7 Å². The molecule has 1 aromatic rings. The maximum atomic E-state index is 5.27. The van der Waals surface area contributed by atoms with Gasteiger partial charge in [0, 0.05) is 0 Å². The first kappa shape index (κ1) is 11.0. The highest BCUT2D eigenvalue weighted by Gasteiger charge is 2.04. The van der Waals surface area contributed by atoms with Crippen LogP contribution in [0.3, 0.4) is 0 Å². The van der Waals surface area contributed by atoms with E-state index in [0.717, 1.165) is 12.2 Å². The van der Waals surface area contributed by atoms with E-state index in [2.05, 4.69) is 24.8 Å². The summed E-state index contributed by atoms with van der Waals surface area (Å²) in [7, 11) is 1.69. The summed E-state index contributed by atoms with van der Waals surface area (Å²) in [4.78, 5) is 4.55. The molecule has 0 aliphatic carbocycles. The number of benzene rings is 1. The zero-order valence-electron chi connectivity index (χ0n) is 8.96. The van der Waals surface area contributed by atoms with Crippen LogP contribution in [0, 0.1) is 13.8 Å². The van der Waals surface area contributed by atoms with Gasteiger partial charge in [0.2, 0.25) is 0 Å². The third kappa shape index (κ3) is 2.47. The zero-order chi connectivity index (χ0) is 10.6. The van der Waals surface area contributed by atoms with E-state index in [1.807, 2.05) is 6.07 Å². The van der Waals surface area contributed by atoms with Crippen LogP contribution in [-0.4, -0.2) is 13.7 Å². The van der Waals surface area contributed by atoms with Crippen LogP contribution in [0.2, 0.25) is 0 Å². The minimum atomic E-state index is 0.533. The van der Waals surface area contributed by atoms with Crippen molar-refractivity contribution in [2.24, 2.45) is 5.90 Å². The molecule has 3 nitrogen and oxygen atoms in total. The fourth-order valence-corrected chi connectivity index (χ4v) is 1.43. The molecule has 78 valence electrons. The first-order chi connectivity index (χ1) is 6.69. The summed E-state index contributed by atoms with van der Waals surface area (Å²) in [5, 5.41) is 0. The Kier molecular flexibility index (Phi) is 3.92. The van der Waals surface area contributed by atoms with Crippen LogP contribution in [-0.2, 0) is 11.3 Å². The van der Waals surface area contributed by atoms with Gasteiger partial charge in [-0.2, -0.15) is 0 Å². The topological polar surface area (TPSA) is 44.5 Å². The molecule has 0 unspecified atom stereocenters. The van der Waals surface area contributed by atoms with Crippen LogP contribution in [0.15, 0.2) is 12.1 Å². The minimum Gasteiger partial charge on any atom is -0.496 e. The Morgan fingerprint density at radius 2 is 2.00 bits per heavy atom. The number of methoxy groups -OCH3 is 1. The van der Waals surface area contributed by atoms with Crippen molar-refractivity contribution >= 4 is 0 Å². The highest BCUT2D eigenvalue weighted by molar-refractivity contribution is 5.42. The van der Waals surface area contributed by atoms with E-state index in [0.29, 0.717) is 6.61 Å². The molecule has 1 rings (SSSR count). The zero-order valence-corrected chi connectivity index (χ0v) is 8.96. The van der Waals surface area contributed by atoms with E-state index in [9.17, 15) is 0 Å². The Morgan fingerprint density at radius 3 is 2.57 bits per heavy atom. The van der Waals surface area contributed by atoms with Crippen molar-refractivity contribution in [3.05, 3.63) is 28.8 Å². The second-order valence-corrected chi connectivity index (χ2v) is 3.36. The molecule has 0 aromatic heterocycles. The van der Waals surface area contributed by atoms with Crippen LogP contribution in [0.5, 0.6) is 5.75 Å². The molecule has 0 fully saturated rings. The van der Waals surface area contributed by atoms with E-state index >= 15 is 0 Å². The van der Waals surface area contributed by atoms with Crippen molar-refractivity contribution in [2.45, 2.75) is 20.3 Å². The molecule has 0 spiro atoms. The van der Waals surface area contributed by atoms with Crippen LogP contribution >= 0.6 is 0 Å². The van der Waals surface area contributed by atoms with E-state index in [4.69, 9.17) is 10.6 Å². The summed E-state index contributed by atoms with van der Waals surface area (Å²) in [6.07, 6.45) is 0.813. The predicted molar refractivity (Wildman–Crippen MR) is 56.3 cm³/mol. The van der Waals surface area contributed by atoms with Gasteiger partial charge in [0.25, 0.3) is 0 Å². The summed E-state index contributed by atoms with van der Waals surface area (Å²) < 4.78 is 5.27. The highest BCUT2D eigenvalue weighted by atomic mass is 16.6. The fourth-order valence-electron chi connectivity index (χ4n) is 1.43. The first-order valence-electron chi connectivity index (χ1n) is 4.65. The van der Waals surface area contributed by atoms with Gasteiger partial charge in [-0.25, -0.2) is 5.90 Å². The van der Waals surface area contributed by atoms with Gasteiger partial charge >= 0.3 is 0 Å². The monoisotopic (exact) mass is 195 g/mol. The van der Waals surface area contributed by atoms with Crippen LogP contribution in [0.25, 0.3) is 0 Å². The standard InChI is InChI=1S/C11H17NO2/c1-8-6-10(4-5-14-12)7-11(13-3)9(8)2/h6-7H,4-5,12H2,1-3H3. The van der Waals surface area contributed by atoms with Gasteiger partial charge in [0.15, 0.2) is 0 Å². The smallest absolute Gasteiger partial charge is 0.122 e. The number of ether oxygens (including phenoxy) is 1. The van der Waals surface area contributed by atoms with Crippen LogP contribution < -0.4 is 10.6 Å². The lowest BCUT2D eigenvalue weighted by atomic mass is 10.0. The normalized spacial score (nSPS) is 10.3. The maximum absolute atomic E-state index is 5.27. The quantitative estimate of drug-likeness (QED) is 0.744. The minimum absolute atomic E-state index is 0.533. The Hall–Kier alpha value is -1.06. The lowest BCUT2D eigenvalue weighted by molar-refractivity contribution is 0.141. The van der Waals surface area contributed by atoms with Gasteiger partial charge in [-0.05, 0) is 43.0 Å². The van der Waals surface area contributed by atoms with Gasteiger partial charge < -0.3 is 9.57 Å². The fraction of sp³-hybridized carbons (Fsp3) is 0.455. The summed E-state index contributed by atoms with van der Waals surface area (Å²) in [6.45, 7) is 4.66. The van der Waals surface area contributed by atoms with Crippen LogP contribution in [0.4, 0.5) is 0 Å². The maximum Gasteiger partial charge on any atom is 0.122 e. The number of nitrogens with two attached hydrogens (primary N) is 1.